The van der Waals surface area contributed by atoms with E-state index in [9.17, 15) is 4.79 Å². The van der Waals surface area contributed by atoms with E-state index in [0.717, 1.165) is 5.65 Å². The fraction of sp³-hybridized carbons (Fsp3) is 0.250. The van der Waals surface area contributed by atoms with Crippen LogP contribution in [-0.2, 0) is 10.3 Å². The Hall–Kier alpha value is -2.80. The maximum absolute atomic E-state index is 12.8. The number of nitrogen functional groups attached to an aromatic ring is 1. The molecule has 1 fully saturated rings. The van der Waals surface area contributed by atoms with Crippen LogP contribution in [0.3, 0.4) is 0 Å². The molecule has 116 valence electrons. The van der Waals surface area contributed by atoms with Crippen LogP contribution in [0.4, 0.5) is 5.69 Å². The Bertz CT molecular complexity index is 914. The van der Waals surface area contributed by atoms with Gasteiger partial charge in [0.05, 0.1) is 24.3 Å². The fourth-order valence-corrected chi connectivity index (χ4v) is 2.80. The van der Waals surface area contributed by atoms with Gasteiger partial charge in [0.15, 0.2) is 0 Å². The van der Waals surface area contributed by atoms with Crippen LogP contribution in [0.1, 0.15) is 23.0 Å². The number of hydrogen-bond acceptors (Lipinski definition) is 6. The van der Waals surface area contributed by atoms with Crippen LogP contribution < -0.4 is 5.73 Å². The van der Waals surface area contributed by atoms with Crippen molar-refractivity contribution in [3.05, 3.63) is 48.3 Å². The molecule has 0 aromatic carbocycles. The number of hydrogen-bond donors (Lipinski definition) is 1. The van der Waals surface area contributed by atoms with E-state index in [-0.39, 0.29) is 11.3 Å². The van der Waals surface area contributed by atoms with E-state index in [1.165, 1.54) is 12.5 Å². The molecule has 0 amide bonds. The largest absolute Gasteiger partial charge is 0.399 e. The molecular weight excluding hydrogens is 294 g/mol. The number of aromatic nitrogens is 4. The highest BCUT2D eigenvalue weighted by atomic mass is 16.5. The first-order valence-electron chi connectivity index (χ1n) is 7.24. The second-order valence-corrected chi connectivity index (χ2v) is 5.97. The summed E-state index contributed by atoms with van der Waals surface area (Å²) in [6.07, 6.45) is 6.48. The molecule has 7 heteroatoms. The number of ketones is 1. The molecule has 4 rings (SSSR count). The van der Waals surface area contributed by atoms with Crippen molar-refractivity contribution in [3.63, 3.8) is 0 Å². The van der Waals surface area contributed by atoms with Crippen molar-refractivity contribution in [1.82, 2.24) is 19.5 Å². The third-order valence-corrected chi connectivity index (χ3v) is 4.14. The number of nitrogens with zero attached hydrogens (tertiary/aromatic N) is 4. The molecule has 0 atom stereocenters. The molecule has 23 heavy (non-hydrogen) atoms. The maximum Gasteiger partial charge on any atom is 0.213 e. The van der Waals surface area contributed by atoms with Crippen LogP contribution in [0.15, 0.2) is 37.1 Å². The zero-order valence-corrected chi connectivity index (χ0v) is 12.6. The molecule has 1 aliphatic heterocycles. The Balaban J connectivity index is 1.89. The van der Waals surface area contributed by atoms with Crippen LogP contribution in [0, 0.1) is 0 Å². The lowest BCUT2D eigenvalue weighted by Crippen LogP contribution is -2.48. The Morgan fingerprint density at radius 2 is 2.22 bits per heavy atom. The monoisotopic (exact) mass is 309 g/mol. The summed E-state index contributed by atoms with van der Waals surface area (Å²) in [5.74, 6) is -0.195. The van der Waals surface area contributed by atoms with Gasteiger partial charge in [-0.1, -0.05) is 0 Å². The van der Waals surface area contributed by atoms with E-state index in [1.807, 2.05) is 10.8 Å². The third kappa shape index (κ3) is 2.08. The van der Waals surface area contributed by atoms with Gasteiger partial charge in [0.25, 0.3) is 0 Å². The van der Waals surface area contributed by atoms with Gasteiger partial charge in [-0.3, -0.25) is 9.78 Å². The number of carbonyl (C=O) groups is 1. The van der Waals surface area contributed by atoms with Crippen LogP contribution >= 0.6 is 0 Å². The first-order valence-corrected chi connectivity index (χ1v) is 7.24. The number of carbonyl (C=O) groups excluding carboxylic acids is 1. The normalized spacial score (nSPS) is 16.2. The SMILES string of the molecule is CC1(n2cc(C(=O)c3cc(N)ccn3)c3cncnc32)COC1. The number of fused-ring (bicyclic) bond motifs is 1. The number of rotatable bonds is 3. The highest BCUT2D eigenvalue weighted by Crippen LogP contribution is 2.32. The van der Waals surface area contributed by atoms with Gasteiger partial charge in [-0.25, -0.2) is 9.97 Å². The van der Waals surface area contributed by atoms with Gasteiger partial charge in [0.1, 0.15) is 17.7 Å². The van der Waals surface area contributed by atoms with Crippen LogP contribution in [0.2, 0.25) is 0 Å². The summed E-state index contributed by atoms with van der Waals surface area (Å²) in [6, 6.07) is 3.22. The van der Waals surface area contributed by atoms with Gasteiger partial charge < -0.3 is 15.0 Å². The first-order chi connectivity index (χ1) is 11.1. The topological polar surface area (TPSA) is 95.9 Å². The first kappa shape index (κ1) is 13.8. The lowest BCUT2D eigenvalue weighted by Gasteiger charge is -2.39. The second kappa shape index (κ2) is 4.85. The molecule has 0 aliphatic carbocycles. The predicted molar refractivity (Wildman–Crippen MR) is 84.1 cm³/mol. The molecule has 0 radical (unpaired) electrons. The standard InChI is InChI=1S/C16H15N5O2/c1-16(7-23-8-16)21-6-12(11-5-18-9-20-15(11)21)14(22)13-4-10(17)2-3-19-13/h2-6,9H,7-8H2,1H3,(H2,17,19). The molecule has 3 aromatic rings. The van der Waals surface area contributed by atoms with Crippen molar-refractivity contribution < 1.29 is 9.53 Å². The fourth-order valence-electron chi connectivity index (χ4n) is 2.80. The summed E-state index contributed by atoms with van der Waals surface area (Å²) in [6.45, 7) is 3.25. The van der Waals surface area contributed by atoms with Crippen LogP contribution in [-0.4, -0.2) is 38.5 Å². The van der Waals surface area contributed by atoms with Gasteiger partial charge >= 0.3 is 0 Å². The summed E-state index contributed by atoms with van der Waals surface area (Å²) < 4.78 is 7.33. The third-order valence-electron chi connectivity index (χ3n) is 4.14. The molecule has 0 bridgehead atoms. The zero-order valence-electron chi connectivity index (χ0n) is 12.6. The minimum absolute atomic E-state index is 0.195. The summed E-state index contributed by atoms with van der Waals surface area (Å²) in [7, 11) is 0. The van der Waals surface area contributed by atoms with Crippen molar-refractivity contribution in [3.8, 4) is 0 Å². The average molecular weight is 309 g/mol. The molecule has 0 unspecified atom stereocenters. The summed E-state index contributed by atoms with van der Waals surface area (Å²) in [5, 5.41) is 0.704. The predicted octanol–water partition coefficient (Wildman–Crippen LogP) is 1.38. The van der Waals surface area contributed by atoms with E-state index in [0.29, 0.717) is 35.5 Å². The second-order valence-electron chi connectivity index (χ2n) is 5.97. The van der Waals surface area contributed by atoms with Crippen LogP contribution in [0.25, 0.3) is 11.0 Å². The van der Waals surface area contributed by atoms with E-state index >= 15 is 0 Å². The van der Waals surface area contributed by atoms with Gasteiger partial charge in [0, 0.05) is 29.7 Å². The smallest absolute Gasteiger partial charge is 0.213 e. The Morgan fingerprint density at radius 1 is 1.39 bits per heavy atom. The summed E-state index contributed by atoms with van der Waals surface area (Å²) in [5.41, 5.74) is 7.60. The van der Waals surface area contributed by atoms with Crippen molar-refractivity contribution in [2.45, 2.75) is 12.5 Å². The van der Waals surface area contributed by atoms with E-state index < -0.39 is 0 Å². The minimum atomic E-state index is -0.200. The molecule has 2 N–H and O–H groups in total. The summed E-state index contributed by atoms with van der Waals surface area (Å²) >= 11 is 0. The number of anilines is 1. The van der Waals surface area contributed by atoms with Crippen LogP contribution in [0.5, 0.6) is 0 Å². The molecule has 4 heterocycles. The van der Waals surface area contributed by atoms with E-state index in [4.69, 9.17) is 10.5 Å². The Labute approximate surface area is 132 Å². The summed E-state index contributed by atoms with van der Waals surface area (Å²) in [4.78, 5) is 25.4. The highest BCUT2D eigenvalue weighted by Gasteiger charge is 2.37. The maximum atomic E-state index is 12.8. The van der Waals surface area contributed by atoms with Gasteiger partial charge in [0.2, 0.25) is 5.78 Å². The average Bonchev–Trinajstić information content (AvgIpc) is 2.92. The molecule has 0 saturated carbocycles. The molecule has 7 nitrogen and oxygen atoms in total. The quantitative estimate of drug-likeness (QED) is 0.734. The minimum Gasteiger partial charge on any atom is -0.399 e. The Morgan fingerprint density at radius 3 is 2.91 bits per heavy atom. The molecule has 3 aromatic heterocycles. The van der Waals surface area contributed by atoms with Gasteiger partial charge in [-0.05, 0) is 19.1 Å². The zero-order chi connectivity index (χ0) is 16.0. The highest BCUT2D eigenvalue weighted by molar-refractivity contribution is 6.15. The van der Waals surface area contributed by atoms with Crippen molar-refractivity contribution in [2.24, 2.45) is 0 Å². The molecule has 1 saturated heterocycles. The van der Waals surface area contributed by atoms with Crippen molar-refractivity contribution in [1.29, 1.82) is 0 Å². The lowest BCUT2D eigenvalue weighted by atomic mass is 10.0. The van der Waals surface area contributed by atoms with Crippen molar-refractivity contribution in [2.75, 3.05) is 18.9 Å². The Kier molecular flexibility index (Phi) is 2.92. The van der Waals surface area contributed by atoms with E-state index in [2.05, 4.69) is 21.9 Å². The lowest BCUT2D eigenvalue weighted by molar-refractivity contribution is -0.0877. The number of pyridine rings is 1. The molecular formula is C16H15N5O2. The van der Waals surface area contributed by atoms with E-state index in [1.54, 1.807) is 18.3 Å². The van der Waals surface area contributed by atoms with Gasteiger partial charge in [-0.15, -0.1) is 0 Å². The number of nitrogens with two attached hydrogens (primary N) is 1. The molecule has 1 aliphatic rings. The van der Waals surface area contributed by atoms with Gasteiger partial charge in [-0.2, -0.15) is 0 Å². The molecule has 0 spiro atoms. The van der Waals surface area contributed by atoms with Crippen molar-refractivity contribution >= 4 is 22.5 Å². The number of ether oxygens (including phenoxy) is 1.